The van der Waals surface area contributed by atoms with E-state index in [0.717, 1.165) is 67.7 Å². The van der Waals surface area contributed by atoms with Gasteiger partial charge in [0.05, 0.1) is 6.61 Å². The molecule has 2 N–H and O–H groups in total. The molecule has 186 valence electrons. The lowest BCUT2D eigenvalue weighted by atomic mass is 9.84. The highest BCUT2D eigenvalue weighted by molar-refractivity contribution is 6.01. The first kappa shape index (κ1) is 24.0. The number of carbonyl (C=O) groups excluding carboxylic acids is 1. The second-order valence-electron chi connectivity index (χ2n) is 10.2. The van der Waals surface area contributed by atoms with E-state index in [1.807, 2.05) is 11.0 Å². The number of β-amino-alcohol motifs (C(OH)–C–C–N with tert-alkyl or cyclic N) is 1. The molecule has 0 atom stereocenters. The first-order chi connectivity index (χ1) is 17.0. The van der Waals surface area contributed by atoms with Gasteiger partial charge in [-0.1, -0.05) is 36.4 Å². The number of aryl methyl sites for hydroxylation is 2. The molecule has 2 fully saturated rings. The van der Waals surface area contributed by atoms with Gasteiger partial charge in [0.25, 0.3) is 5.91 Å². The topological polar surface area (TPSA) is 62.8 Å². The van der Waals surface area contributed by atoms with Crippen molar-refractivity contribution in [2.24, 2.45) is 0 Å². The van der Waals surface area contributed by atoms with E-state index in [1.54, 1.807) is 0 Å². The number of likely N-dealkylation sites (tertiary alicyclic amines) is 1. The van der Waals surface area contributed by atoms with Crippen molar-refractivity contribution in [2.75, 3.05) is 52.4 Å². The van der Waals surface area contributed by atoms with Gasteiger partial charge in [-0.2, -0.15) is 0 Å². The molecule has 0 spiro atoms. The van der Waals surface area contributed by atoms with Crippen molar-refractivity contribution < 1.29 is 9.90 Å². The van der Waals surface area contributed by atoms with Crippen LogP contribution in [-0.4, -0.2) is 83.1 Å². The largest absolute Gasteiger partial charge is 0.395 e. The normalized spacial score (nSPS) is 18.4. The minimum absolute atomic E-state index is 0.102. The van der Waals surface area contributed by atoms with Crippen LogP contribution in [0.4, 0.5) is 0 Å². The predicted molar refractivity (Wildman–Crippen MR) is 141 cm³/mol. The first-order valence-electron chi connectivity index (χ1n) is 13.1. The minimum atomic E-state index is 0.102. The van der Waals surface area contributed by atoms with Gasteiger partial charge in [-0.3, -0.25) is 14.6 Å². The monoisotopic (exact) mass is 474 g/mol. The molecular formula is C29H38N4O2. The van der Waals surface area contributed by atoms with Crippen LogP contribution in [0, 0.1) is 13.8 Å². The van der Waals surface area contributed by atoms with Gasteiger partial charge >= 0.3 is 0 Å². The van der Waals surface area contributed by atoms with Gasteiger partial charge in [-0.05, 0) is 68.5 Å². The maximum atomic E-state index is 13.6. The number of amides is 1. The number of nitrogens with one attached hydrogen (secondary N) is 1. The van der Waals surface area contributed by atoms with Gasteiger partial charge in [0.1, 0.15) is 5.69 Å². The summed E-state index contributed by atoms with van der Waals surface area (Å²) in [4.78, 5) is 23.8. The van der Waals surface area contributed by atoms with E-state index in [4.69, 9.17) is 0 Å². The van der Waals surface area contributed by atoms with Crippen molar-refractivity contribution in [3.8, 4) is 0 Å². The molecule has 1 aromatic heterocycles. The van der Waals surface area contributed by atoms with Crippen LogP contribution in [0.25, 0.3) is 10.9 Å². The maximum absolute atomic E-state index is 13.6. The Balaban J connectivity index is 1.32. The highest BCUT2D eigenvalue weighted by atomic mass is 16.3. The van der Waals surface area contributed by atoms with Crippen molar-refractivity contribution in [1.29, 1.82) is 0 Å². The molecule has 2 aliphatic rings. The number of piperazine rings is 1. The summed E-state index contributed by atoms with van der Waals surface area (Å²) in [6.07, 6.45) is 2.31. The van der Waals surface area contributed by atoms with Crippen molar-refractivity contribution in [3.63, 3.8) is 0 Å². The summed E-state index contributed by atoms with van der Waals surface area (Å²) < 4.78 is 0. The molecule has 2 aromatic carbocycles. The van der Waals surface area contributed by atoms with Crippen LogP contribution in [0.5, 0.6) is 0 Å². The molecule has 2 saturated heterocycles. The second-order valence-corrected chi connectivity index (χ2v) is 10.2. The van der Waals surface area contributed by atoms with Crippen LogP contribution >= 0.6 is 0 Å². The lowest BCUT2D eigenvalue weighted by Crippen LogP contribution is -2.49. The molecule has 6 heteroatoms. The minimum Gasteiger partial charge on any atom is -0.395 e. The second kappa shape index (κ2) is 10.5. The third-order valence-electron chi connectivity index (χ3n) is 8.02. The fourth-order valence-corrected chi connectivity index (χ4v) is 6.10. The molecule has 0 saturated carbocycles. The van der Waals surface area contributed by atoms with Gasteiger partial charge in [-0.25, -0.2) is 0 Å². The third-order valence-corrected chi connectivity index (χ3v) is 8.02. The number of piperidine rings is 1. The number of aliphatic hydroxyl groups excluding tert-OH is 1. The summed E-state index contributed by atoms with van der Waals surface area (Å²) in [6.45, 7) is 11.2. The molecular weight excluding hydrogens is 436 g/mol. The van der Waals surface area contributed by atoms with Gasteiger partial charge < -0.3 is 15.0 Å². The van der Waals surface area contributed by atoms with E-state index in [0.29, 0.717) is 25.6 Å². The molecule has 0 aliphatic carbocycles. The lowest BCUT2D eigenvalue weighted by Gasteiger charge is -2.35. The van der Waals surface area contributed by atoms with E-state index >= 15 is 0 Å². The van der Waals surface area contributed by atoms with Gasteiger partial charge in [0.15, 0.2) is 0 Å². The number of nitrogens with zero attached hydrogens (tertiary/aromatic N) is 3. The Morgan fingerprint density at radius 3 is 2.29 bits per heavy atom. The number of rotatable bonds is 6. The summed E-state index contributed by atoms with van der Waals surface area (Å²) in [6, 6.07) is 14.9. The number of aromatic nitrogens is 1. The highest BCUT2D eigenvalue weighted by Crippen LogP contribution is 2.34. The van der Waals surface area contributed by atoms with Crippen molar-refractivity contribution in [2.45, 2.75) is 39.2 Å². The van der Waals surface area contributed by atoms with Gasteiger partial charge in [0.2, 0.25) is 0 Å². The number of H-pyrrole nitrogens is 1. The van der Waals surface area contributed by atoms with Crippen LogP contribution in [0.1, 0.15) is 51.5 Å². The average Bonchev–Trinajstić information content (AvgIpc) is 3.23. The SMILES string of the molecule is Cc1cccc(C)c1C1CCN(Cc2c(C(=O)N3CCN(CCO)CC3)[nH]c3ccccc23)CC1. The quantitative estimate of drug-likeness (QED) is 0.569. The van der Waals surface area contributed by atoms with E-state index in [2.05, 4.69) is 65.0 Å². The Morgan fingerprint density at radius 1 is 0.914 bits per heavy atom. The summed E-state index contributed by atoms with van der Waals surface area (Å²) in [5.41, 5.74) is 7.28. The number of aromatic amines is 1. The molecule has 0 unspecified atom stereocenters. The lowest BCUT2D eigenvalue weighted by molar-refractivity contribution is 0.0608. The van der Waals surface area contributed by atoms with Crippen molar-refractivity contribution in [3.05, 3.63) is 70.4 Å². The van der Waals surface area contributed by atoms with Crippen LogP contribution in [0.2, 0.25) is 0 Å². The molecule has 35 heavy (non-hydrogen) atoms. The molecule has 2 aliphatic heterocycles. The van der Waals surface area contributed by atoms with Crippen LogP contribution in [0.15, 0.2) is 42.5 Å². The maximum Gasteiger partial charge on any atom is 0.270 e. The summed E-state index contributed by atoms with van der Waals surface area (Å²) in [7, 11) is 0. The van der Waals surface area contributed by atoms with E-state index in [1.165, 1.54) is 16.7 Å². The summed E-state index contributed by atoms with van der Waals surface area (Å²) >= 11 is 0. The zero-order valence-corrected chi connectivity index (χ0v) is 21.1. The molecule has 0 radical (unpaired) electrons. The summed E-state index contributed by atoms with van der Waals surface area (Å²) in [5, 5.41) is 10.4. The fourth-order valence-electron chi connectivity index (χ4n) is 6.10. The van der Waals surface area contributed by atoms with Crippen molar-refractivity contribution >= 4 is 16.8 Å². The smallest absolute Gasteiger partial charge is 0.270 e. The predicted octanol–water partition coefficient (Wildman–Crippen LogP) is 3.91. The Bertz CT molecular complexity index is 1150. The van der Waals surface area contributed by atoms with Crippen LogP contribution in [0.3, 0.4) is 0 Å². The Hall–Kier alpha value is -2.67. The zero-order valence-electron chi connectivity index (χ0n) is 21.1. The van der Waals surface area contributed by atoms with Crippen LogP contribution in [-0.2, 0) is 6.54 Å². The average molecular weight is 475 g/mol. The Morgan fingerprint density at radius 2 is 1.60 bits per heavy atom. The van der Waals surface area contributed by atoms with E-state index in [9.17, 15) is 9.90 Å². The number of carbonyl (C=O) groups is 1. The molecule has 1 amide bonds. The standard InChI is InChI=1S/C29H38N4O2/c1-21-6-5-7-22(2)27(21)23-10-12-32(13-11-23)20-25-24-8-3-4-9-26(24)30-28(25)29(35)33-16-14-31(15-17-33)18-19-34/h3-9,23,30,34H,10-20H2,1-2H3. The summed E-state index contributed by atoms with van der Waals surface area (Å²) in [5.74, 6) is 0.719. The Labute approximate surface area is 208 Å². The van der Waals surface area contributed by atoms with E-state index in [-0.39, 0.29) is 12.5 Å². The molecule has 3 aromatic rings. The third kappa shape index (κ3) is 5.01. The number of fused-ring (bicyclic) bond motifs is 1. The Kier molecular flexibility index (Phi) is 7.23. The highest BCUT2D eigenvalue weighted by Gasteiger charge is 2.28. The molecule has 0 bridgehead atoms. The molecule has 5 rings (SSSR count). The first-order valence-corrected chi connectivity index (χ1v) is 13.1. The number of benzene rings is 2. The van der Waals surface area contributed by atoms with Crippen LogP contribution < -0.4 is 0 Å². The fraction of sp³-hybridized carbons (Fsp3) is 0.483. The van der Waals surface area contributed by atoms with Gasteiger partial charge in [0, 0.05) is 55.7 Å². The van der Waals surface area contributed by atoms with Gasteiger partial charge in [-0.15, -0.1) is 0 Å². The molecule has 6 nitrogen and oxygen atoms in total. The number of hydrogen-bond acceptors (Lipinski definition) is 4. The van der Waals surface area contributed by atoms with Crippen molar-refractivity contribution in [1.82, 2.24) is 19.7 Å². The number of aliphatic hydroxyl groups is 1. The zero-order chi connectivity index (χ0) is 24.4. The number of hydrogen-bond donors (Lipinski definition) is 2. The number of para-hydroxylation sites is 1. The van der Waals surface area contributed by atoms with E-state index < -0.39 is 0 Å². The molecule has 3 heterocycles.